The molecule has 0 spiro atoms. The van der Waals surface area contributed by atoms with Gasteiger partial charge in [0.2, 0.25) is 0 Å². The second-order valence-electron chi connectivity index (χ2n) is 5.76. The molecule has 2 unspecified atom stereocenters. The van der Waals surface area contributed by atoms with E-state index < -0.39 is 17.6 Å². The minimum atomic E-state index is -0.903. The van der Waals surface area contributed by atoms with Gasteiger partial charge in [-0.25, -0.2) is 13.6 Å². The Morgan fingerprint density at radius 3 is 2.67 bits per heavy atom. The van der Waals surface area contributed by atoms with Gasteiger partial charge in [-0.1, -0.05) is 19.8 Å². The molecule has 2 atom stereocenters. The second kappa shape index (κ2) is 6.87. The molecule has 1 aliphatic carbocycles. The van der Waals surface area contributed by atoms with E-state index in [1.807, 2.05) is 0 Å². The van der Waals surface area contributed by atoms with E-state index in [4.69, 9.17) is 0 Å². The summed E-state index contributed by atoms with van der Waals surface area (Å²) in [6, 6.07) is 2.08. The van der Waals surface area contributed by atoms with Crippen molar-refractivity contribution in [2.75, 3.05) is 12.4 Å². The molecule has 0 amide bonds. The van der Waals surface area contributed by atoms with E-state index in [1.165, 1.54) is 19.6 Å². The largest absolute Gasteiger partial charge is 0.465 e. The van der Waals surface area contributed by atoms with E-state index in [1.54, 1.807) is 0 Å². The Balaban J connectivity index is 2.17. The third-order valence-corrected chi connectivity index (χ3v) is 4.08. The van der Waals surface area contributed by atoms with Gasteiger partial charge < -0.3 is 10.1 Å². The fraction of sp³-hybridized carbons (Fsp3) is 0.562. The molecule has 0 heterocycles. The number of methoxy groups -OCH3 is 1. The van der Waals surface area contributed by atoms with E-state index in [0.29, 0.717) is 5.92 Å². The van der Waals surface area contributed by atoms with E-state index >= 15 is 0 Å². The van der Waals surface area contributed by atoms with Crippen LogP contribution in [-0.2, 0) is 4.74 Å². The summed E-state index contributed by atoms with van der Waals surface area (Å²) in [4.78, 5) is 11.5. The van der Waals surface area contributed by atoms with Crippen LogP contribution in [0.15, 0.2) is 12.1 Å². The van der Waals surface area contributed by atoms with Gasteiger partial charge >= 0.3 is 5.97 Å². The lowest BCUT2D eigenvalue weighted by Crippen LogP contribution is -2.20. The molecule has 0 saturated heterocycles. The number of rotatable bonds is 3. The third kappa shape index (κ3) is 3.93. The van der Waals surface area contributed by atoms with Crippen LogP contribution in [0.1, 0.15) is 49.4 Å². The van der Waals surface area contributed by atoms with Gasteiger partial charge in [-0.15, -0.1) is 0 Å². The first-order valence-corrected chi connectivity index (χ1v) is 7.35. The zero-order valence-electron chi connectivity index (χ0n) is 12.4. The zero-order chi connectivity index (χ0) is 15.4. The van der Waals surface area contributed by atoms with Crippen molar-refractivity contribution in [3.05, 3.63) is 29.3 Å². The van der Waals surface area contributed by atoms with Gasteiger partial charge in [0.15, 0.2) is 0 Å². The molecule has 21 heavy (non-hydrogen) atoms. The van der Waals surface area contributed by atoms with Crippen molar-refractivity contribution < 1.29 is 18.3 Å². The highest BCUT2D eigenvalue weighted by Crippen LogP contribution is 2.27. The molecule has 1 saturated carbocycles. The highest BCUT2D eigenvalue weighted by molar-refractivity contribution is 5.90. The number of hydrogen-bond acceptors (Lipinski definition) is 3. The van der Waals surface area contributed by atoms with Crippen molar-refractivity contribution in [2.45, 2.75) is 45.1 Å². The Labute approximate surface area is 123 Å². The summed E-state index contributed by atoms with van der Waals surface area (Å²) in [5, 5.41) is 3.11. The maximum absolute atomic E-state index is 13.9. The second-order valence-corrected chi connectivity index (χ2v) is 5.76. The minimum Gasteiger partial charge on any atom is -0.465 e. The molecule has 0 radical (unpaired) electrons. The maximum atomic E-state index is 13.9. The molecular formula is C16H21F2NO2. The quantitative estimate of drug-likeness (QED) is 0.673. The number of carbonyl (C=O) groups is 1. The normalized spacial score (nSPS) is 22.5. The van der Waals surface area contributed by atoms with Crippen LogP contribution < -0.4 is 5.32 Å². The fourth-order valence-corrected chi connectivity index (χ4v) is 2.78. The molecular weight excluding hydrogens is 276 g/mol. The van der Waals surface area contributed by atoms with Crippen LogP contribution in [0.5, 0.6) is 0 Å². The number of ether oxygens (including phenoxy) is 1. The summed E-state index contributed by atoms with van der Waals surface area (Å²) >= 11 is 0. The topological polar surface area (TPSA) is 38.3 Å². The van der Waals surface area contributed by atoms with E-state index in [-0.39, 0.29) is 17.3 Å². The lowest BCUT2D eigenvalue weighted by Gasteiger charge is -2.19. The van der Waals surface area contributed by atoms with Crippen LogP contribution in [0.4, 0.5) is 14.5 Å². The van der Waals surface area contributed by atoms with Crippen molar-refractivity contribution in [1.29, 1.82) is 0 Å². The van der Waals surface area contributed by atoms with E-state index in [0.717, 1.165) is 31.7 Å². The van der Waals surface area contributed by atoms with Crippen LogP contribution in [0.3, 0.4) is 0 Å². The molecule has 1 fully saturated rings. The average molecular weight is 297 g/mol. The van der Waals surface area contributed by atoms with Crippen molar-refractivity contribution in [3.8, 4) is 0 Å². The highest BCUT2D eigenvalue weighted by Gasteiger charge is 2.20. The van der Waals surface area contributed by atoms with Gasteiger partial charge in [-0.2, -0.15) is 0 Å². The molecule has 3 nitrogen and oxygen atoms in total. The van der Waals surface area contributed by atoms with E-state index in [2.05, 4.69) is 17.0 Å². The SMILES string of the molecule is COC(=O)c1cc(NC2CCCC(C)CC2)c(F)cc1F. The number of halogens is 2. The standard InChI is InChI=1S/C16H21F2NO2/c1-10-4-3-5-11(7-6-10)19-15-8-12(16(20)21-2)13(17)9-14(15)18/h8-11,19H,3-7H2,1-2H3. The van der Waals surface area contributed by atoms with Gasteiger partial charge in [0.25, 0.3) is 0 Å². The Bertz CT molecular complexity index is 519. The highest BCUT2D eigenvalue weighted by atomic mass is 19.1. The molecule has 0 aromatic heterocycles. The summed E-state index contributed by atoms with van der Waals surface area (Å²) in [6.45, 7) is 2.22. The molecule has 5 heteroatoms. The predicted octanol–water partition coefficient (Wildman–Crippen LogP) is 4.13. The van der Waals surface area contributed by atoms with Gasteiger partial charge in [-0.3, -0.25) is 0 Å². The Hall–Kier alpha value is -1.65. The Morgan fingerprint density at radius 1 is 1.19 bits per heavy atom. The molecule has 0 bridgehead atoms. The fourth-order valence-electron chi connectivity index (χ4n) is 2.78. The first-order chi connectivity index (χ1) is 10.0. The summed E-state index contributed by atoms with van der Waals surface area (Å²) in [7, 11) is 1.17. The lowest BCUT2D eigenvalue weighted by atomic mass is 10.0. The molecule has 2 rings (SSSR count). The van der Waals surface area contributed by atoms with Crippen LogP contribution >= 0.6 is 0 Å². The summed E-state index contributed by atoms with van der Waals surface area (Å²) in [5.74, 6) is -1.71. The van der Waals surface area contributed by atoms with Crippen LogP contribution in [0.2, 0.25) is 0 Å². The number of anilines is 1. The Morgan fingerprint density at radius 2 is 1.95 bits per heavy atom. The van der Waals surface area contributed by atoms with Gasteiger partial charge in [-0.05, 0) is 31.2 Å². The summed E-state index contributed by atoms with van der Waals surface area (Å²) in [6.07, 6.45) is 5.26. The zero-order valence-corrected chi connectivity index (χ0v) is 12.4. The maximum Gasteiger partial charge on any atom is 0.340 e. The van der Waals surface area contributed by atoms with E-state index in [9.17, 15) is 13.6 Å². The first kappa shape index (κ1) is 15.7. The first-order valence-electron chi connectivity index (χ1n) is 7.35. The van der Waals surface area contributed by atoms with Crippen molar-refractivity contribution in [2.24, 2.45) is 5.92 Å². The minimum absolute atomic E-state index is 0.153. The average Bonchev–Trinajstić information content (AvgIpc) is 2.66. The predicted molar refractivity (Wildman–Crippen MR) is 77.4 cm³/mol. The number of nitrogens with one attached hydrogen (secondary N) is 1. The Kier molecular flexibility index (Phi) is 5.15. The third-order valence-electron chi connectivity index (χ3n) is 4.08. The molecule has 116 valence electrons. The van der Waals surface area contributed by atoms with Crippen molar-refractivity contribution in [3.63, 3.8) is 0 Å². The smallest absolute Gasteiger partial charge is 0.340 e. The van der Waals surface area contributed by atoms with Crippen LogP contribution in [0, 0.1) is 17.6 Å². The van der Waals surface area contributed by atoms with Gasteiger partial charge in [0, 0.05) is 12.1 Å². The number of carbonyl (C=O) groups excluding carboxylic acids is 1. The monoisotopic (exact) mass is 297 g/mol. The summed E-state index contributed by atoms with van der Waals surface area (Å²) < 4.78 is 32.0. The van der Waals surface area contributed by atoms with Gasteiger partial charge in [0.1, 0.15) is 11.6 Å². The molecule has 1 N–H and O–H groups in total. The summed E-state index contributed by atoms with van der Waals surface area (Å²) in [5.41, 5.74) is -0.0836. The number of esters is 1. The number of benzene rings is 1. The molecule has 0 aliphatic heterocycles. The molecule has 1 aromatic carbocycles. The van der Waals surface area contributed by atoms with Crippen LogP contribution in [0.25, 0.3) is 0 Å². The number of hydrogen-bond donors (Lipinski definition) is 1. The van der Waals surface area contributed by atoms with Crippen molar-refractivity contribution in [1.82, 2.24) is 0 Å². The lowest BCUT2D eigenvalue weighted by molar-refractivity contribution is 0.0595. The molecule has 1 aliphatic rings. The van der Waals surface area contributed by atoms with Gasteiger partial charge in [0.05, 0.1) is 18.4 Å². The van der Waals surface area contributed by atoms with Crippen LogP contribution in [-0.4, -0.2) is 19.1 Å². The molecule has 1 aromatic rings. The van der Waals surface area contributed by atoms with Crippen molar-refractivity contribution >= 4 is 11.7 Å².